The Morgan fingerprint density at radius 2 is 1.03 bits per heavy atom. The first-order valence-electron chi connectivity index (χ1n) is 12.2. The van der Waals surface area contributed by atoms with Crippen LogP contribution in [0.3, 0.4) is 0 Å². The highest BCUT2D eigenvalue weighted by molar-refractivity contribution is 6.42. The molecule has 4 aromatic carbocycles. The molecule has 0 unspecified atom stereocenters. The molecular formula is C30H23N3O4. The van der Waals surface area contributed by atoms with Crippen molar-refractivity contribution in [2.75, 3.05) is 15.5 Å². The van der Waals surface area contributed by atoms with Gasteiger partial charge in [0.25, 0.3) is 23.6 Å². The minimum atomic E-state index is -0.529. The van der Waals surface area contributed by atoms with Crippen LogP contribution in [0.25, 0.3) is 10.8 Å². The van der Waals surface area contributed by atoms with E-state index in [2.05, 4.69) is 0 Å². The highest BCUT2D eigenvalue weighted by Crippen LogP contribution is 2.41. The molecule has 2 N–H and O–H groups in total. The van der Waals surface area contributed by atoms with Gasteiger partial charge in [-0.05, 0) is 66.4 Å². The Balaban J connectivity index is 1.57. The zero-order valence-corrected chi connectivity index (χ0v) is 20.4. The highest BCUT2D eigenvalue weighted by atomic mass is 16.2. The lowest BCUT2D eigenvalue weighted by Gasteiger charge is -2.33. The van der Waals surface area contributed by atoms with Crippen molar-refractivity contribution in [3.63, 3.8) is 0 Å². The average molecular weight is 490 g/mol. The lowest BCUT2D eigenvalue weighted by Crippen LogP contribution is -2.44. The van der Waals surface area contributed by atoms with E-state index in [0.29, 0.717) is 51.8 Å². The molecule has 0 bridgehead atoms. The van der Waals surface area contributed by atoms with Crippen molar-refractivity contribution in [3.05, 3.63) is 100 Å². The van der Waals surface area contributed by atoms with Crippen LogP contribution in [-0.4, -0.2) is 23.6 Å². The van der Waals surface area contributed by atoms with Gasteiger partial charge in [0, 0.05) is 38.7 Å². The van der Waals surface area contributed by atoms with Crippen LogP contribution in [0.1, 0.15) is 66.4 Å². The number of carbonyl (C=O) groups is 4. The summed E-state index contributed by atoms with van der Waals surface area (Å²) in [6, 6.07) is 18.6. The Labute approximate surface area is 213 Å². The summed E-state index contributed by atoms with van der Waals surface area (Å²) in [6.45, 7) is 3.97. The van der Waals surface area contributed by atoms with Crippen molar-refractivity contribution < 1.29 is 19.2 Å². The minimum absolute atomic E-state index is 0.259. The first-order chi connectivity index (χ1) is 17.9. The van der Waals surface area contributed by atoms with Gasteiger partial charge < -0.3 is 5.73 Å². The van der Waals surface area contributed by atoms with E-state index in [1.807, 2.05) is 32.0 Å². The molecule has 182 valence electrons. The van der Waals surface area contributed by atoms with E-state index >= 15 is 0 Å². The third kappa shape index (κ3) is 3.07. The predicted molar refractivity (Wildman–Crippen MR) is 142 cm³/mol. The van der Waals surface area contributed by atoms with Crippen molar-refractivity contribution in [1.29, 1.82) is 0 Å². The van der Waals surface area contributed by atoms with Gasteiger partial charge in [-0.3, -0.25) is 19.2 Å². The van der Waals surface area contributed by atoms with Crippen molar-refractivity contribution in [2.45, 2.75) is 26.7 Å². The van der Waals surface area contributed by atoms with Crippen LogP contribution in [0, 0.1) is 0 Å². The Hall–Kier alpha value is -4.78. The van der Waals surface area contributed by atoms with Gasteiger partial charge in [0.05, 0.1) is 11.4 Å². The number of imide groups is 2. The van der Waals surface area contributed by atoms with Crippen LogP contribution in [0.4, 0.5) is 17.1 Å². The second-order valence-corrected chi connectivity index (χ2v) is 9.19. The number of amides is 4. The van der Waals surface area contributed by atoms with E-state index in [-0.39, 0.29) is 11.1 Å². The number of anilines is 3. The fourth-order valence-corrected chi connectivity index (χ4v) is 5.48. The molecule has 0 aliphatic carbocycles. The molecule has 6 rings (SSSR count). The van der Waals surface area contributed by atoms with E-state index in [0.717, 1.165) is 16.0 Å². The average Bonchev–Trinajstić information content (AvgIpc) is 2.90. The Bertz CT molecular complexity index is 1610. The zero-order valence-electron chi connectivity index (χ0n) is 20.4. The first kappa shape index (κ1) is 22.7. The Morgan fingerprint density at radius 1 is 0.595 bits per heavy atom. The molecule has 4 amide bonds. The number of rotatable bonds is 4. The summed E-state index contributed by atoms with van der Waals surface area (Å²) in [6.07, 6.45) is 1.31. The molecule has 0 fully saturated rings. The summed E-state index contributed by atoms with van der Waals surface area (Å²) in [5.74, 6) is -1.98. The third-order valence-electron chi connectivity index (χ3n) is 7.21. The minimum Gasteiger partial charge on any atom is -0.399 e. The molecule has 0 atom stereocenters. The Kier molecular flexibility index (Phi) is 4.98. The molecule has 2 aliphatic rings. The number of nitrogens with two attached hydrogens (primary N) is 1. The van der Waals surface area contributed by atoms with Crippen LogP contribution >= 0.6 is 0 Å². The van der Waals surface area contributed by atoms with Crippen LogP contribution in [0.15, 0.2) is 66.7 Å². The molecule has 4 aromatic rings. The summed E-state index contributed by atoms with van der Waals surface area (Å²) < 4.78 is 0. The second kappa shape index (κ2) is 8.13. The molecule has 2 aliphatic heterocycles. The number of hydrogen-bond donors (Lipinski definition) is 1. The molecule has 0 aromatic heterocycles. The predicted octanol–water partition coefficient (Wildman–Crippen LogP) is 5.15. The van der Waals surface area contributed by atoms with E-state index in [1.165, 1.54) is 4.90 Å². The number of benzene rings is 4. The summed E-state index contributed by atoms with van der Waals surface area (Å²) in [7, 11) is 0. The maximum absolute atomic E-state index is 13.9. The van der Waals surface area contributed by atoms with Gasteiger partial charge in [-0.15, -0.1) is 0 Å². The van der Waals surface area contributed by atoms with Crippen LogP contribution in [-0.2, 0) is 12.8 Å². The van der Waals surface area contributed by atoms with Gasteiger partial charge in [0.2, 0.25) is 0 Å². The monoisotopic (exact) mass is 489 g/mol. The van der Waals surface area contributed by atoms with Crippen LogP contribution in [0.5, 0.6) is 0 Å². The topological polar surface area (TPSA) is 101 Å². The third-order valence-corrected chi connectivity index (χ3v) is 7.21. The van der Waals surface area contributed by atoms with Crippen LogP contribution < -0.4 is 15.5 Å². The molecule has 7 heteroatoms. The van der Waals surface area contributed by atoms with Crippen LogP contribution in [0.2, 0.25) is 0 Å². The fourth-order valence-electron chi connectivity index (χ4n) is 5.48. The molecule has 2 heterocycles. The largest absolute Gasteiger partial charge is 0.399 e. The molecule has 0 radical (unpaired) electrons. The maximum Gasteiger partial charge on any atom is 0.266 e. The number of aryl methyl sites for hydroxylation is 2. The second-order valence-electron chi connectivity index (χ2n) is 9.19. The molecule has 37 heavy (non-hydrogen) atoms. The van der Waals surface area contributed by atoms with E-state index in [9.17, 15) is 19.2 Å². The summed E-state index contributed by atoms with van der Waals surface area (Å²) in [5.41, 5.74) is 10.2. The zero-order chi connectivity index (χ0) is 26.0. The van der Waals surface area contributed by atoms with Crippen molar-refractivity contribution in [1.82, 2.24) is 0 Å². The van der Waals surface area contributed by atoms with Gasteiger partial charge in [-0.1, -0.05) is 38.1 Å². The van der Waals surface area contributed by atoms with E-state index < -0.39 is 23.6 Å². The SMILES string of the molecule is CCc1cccc(CC)c1N1C(=O)c2ccc3c4c(ccc(c24)C1=O)C(=O)N(c1cccc(N)c1)C3=O. The van der Waals surface area contributed by atoms with E-state index in [4.69, 9.17) is 5.73 Å². The smallest absolute Gasteiger partial charge is 0.266 e. The van der Waals surface area contributed by atoms with Gasteiger partial charge >= 0.3 is 0 Å². The fraction of sp³-hybridized carbons (Fsp3) is 0.133. The molecule has 0 saturated heterocycles. The Morgan fingerprint density at radius 3 is 1.46 bits per heavy atom. The van der Waals surface area contributed by atoms with Crippen molar-refractivity contribution in [2.24, 2.45) is 0 Å². The van der Waals surface area contributed by atoms with Gasteiger partial charge in [-0.2, -0.15) is 0 Å². The standard InChI is InChI=1S/C30H23N3O4/c1-3-16-7-5-8-17(4-2)26(16)33-29(36)22-13-11-20-24-21(12-14-23(25(22)24)30(33)37)28(35)32(27(20)34)19-10-6-9-18(31)15-19/h5-15H,3-4,31H2,1-2H3. The van der Waals surface area contributed by atoms with Crippen molar-refractivity contribution in [3.8, 4) is 0 Å². The van der Waals surface area contributed by atoms with E-state index in [1.54, 1.807) is 48.5 Å². The molecule has 7 nitrogen and oxygen atoms in total. The quantitative estimate of drug-likeness (QED) is 0.316. The first-order valence-corrected chi connectivity index (χ1v) is 12.2. The number of nitrogens with zero attached hydrogens (tertiary/aromatic N) is 2. The highest BCUT2D eigenvalue weighted by Gasteiger charge is 2.41. The summed E-state index contributed by atoms with van der Waals surface area (Å²) in [5, 5.41) is 0.688. The lowest BCUT2D eigenvalue weighted by molar-refractivity contribution is 0.0872. The number of nitrogen functional groups attached to an aromatic ring is 1. The number of para-hydroxylation sites is 1. The van der Waals surface area contributed by atoms with Gasteiger partial charge in [0.15, 0.2) is 0 Å². The number of carbonyl (C=O) groups excluding carboxylic acids is 4. The molecule has 0 saturated carbocycles. The maximum atomic E-state index is 13.9. The number of hydrogen-bond acceptors (Lipinski definition) is 5. The van der Waals surface area contributed by atoms with Crippen molar-refractivity contribution >= 4 is 51.5 Å². The molecular weight excluding hydrogens is 466 g/mol. The normalized spacial score (nSPS) is 14.6. The summed E-state index contributed by atoms with van der Waals surface area (Å²) >= 11 is 0. The summed E-state index contributed by atoms with van der Waals surface area (Å²) in [4.78, 5) is 57.2. The molecule has 0 spiro atoms. The van der Waals surface area contributed by atoms with Gasteiger partial charge in [-0.25, -0.2) is 9.80 Å². The van der Waals surface area contributed by atoms with Gasteiger partial charge in [0.1, 0.15) is 0 Å². The lowest BCUT2D eigenvalue weighted by atomic mass is 9.85.